The molecule has 1 aliphatic rings. The maximum Gasteiger partial charge on any atom is 0.147 e. The van der Waals surface area contributed by atoms with Crippen molar-refractivity contribution < 1.29 is 4.21 Å². The molecule has 1 fully saturated rings. The molecule has 5 heteroatoms. The van der Waals surface area contributed by atoms with Crippen molar-refractivity contribution in [3.8, 4) is 0 Å². The first-order valence-electron chi connectivity index (χ1n) is 4.99. The van der Waals surface area contributed by atoms with Crippen molar-refractivity contribution in [1.29, 1.82) is 0 Å². The molecule has 0 unspecified atom stereocenters. The first-order chi connectivity index (χ1) is 7.09. The second kappa shape index (κ2) is 3.89. The van der Waals surface area contributed by atoms with E-state index in [0.29, 0.717) is 5.75 Å². The highest BCUT2D eigenvalue weighted by molar-refractivity contribution is 7.86. The third-order valence-electron chi connectivity index (χ3n) is 2.61. The van der Waals surface area contributed by atoms with Crippen LogP contribution in [0.25, 0.3) is 0 Å². The summed E-state index contributed by atoms with van der Waals surface area (Å²) in [6.45, 7) is 5.64. The Morgan fingerprint density at radius 2 is 2.27 bits per heavy atom. The van der Waals surface area contributed by atoms with Crippen LogP contribution in [0.4, 0.5) is 5.82 Å². The Morgan fingerprint density at radius 1 is 1.47 bits per heavy atom. The molecular formula is C10H15N3OS. The largest absolute Gasteiger partial charge is 0.353 e. The molecule has 0 aliphatic carbocycles. The lowest BCUT2D eigenvalue weighted by atomic mass is 10.2. The predicted octanol–water partition coefficient (Wildman–Crippen LogP) is 0.824. The first kappa shape index (κ1) is 10.5. The van der Waals surface area contributed by atoms with Gasteiger partial charge in [-0.3, -0.25) is 9.19 Å². The van der Waals surface area contributed by atoms with Gasteiger partial charge in [0.05, 0.1) is 10.9 Å². The van der Waals surface area contributed by atoms with Crippen molar-refractivity contribution in [2.24, 2.45) is 0 Å². The van der Waals surface area contributed by atoms with E-state index in [2.05, 4.69) is 14.9 Å². The van der Waals surface area contributed by atoms with Gasteiger partial charge in [-0.1, -0.05) is 0 Å². The zero-order chi connectivity index (χ0) is 10.9. The topological polar surface area (TPSA) is 46.1 Å². The Balaban J connectivity index is 2.17. The summed E-state index contributed by atoms with van der Waals surface area (Å²) >= 11 is 0. The fourth-order valence-electron chi connectivity index (χ4n) is 1.73. The van der Waals surface area contributed by atoms with Crippen molar-refractivity contribution >= 4 is 16.6 Å². The van der Waals surface area contributed by atoms with Gasteiger partial charge in [0.15, 0.2) is 0 Å². The van der Waals surface area contributed by atoms with Gasteiger partial charge in [0.1, 0.15) is 5.82 Å². The van der Waals surface area contributed by atoms with Gasteiger partial charge in [0, 0.05) is 42.0 Å². The smallest absolute Gasteiger partial charge is 0.147 e. The van der Waals surface area contributed by atoms with E-state index in [1.165, 1.54) is 0 Å². The molecule has 15 heavy (non-hydrogen) atoms. The zero-order valence-corrected chi connectivity index (χ0v) is 9.83. The summed E-state index contributed by atoms with van der Waals surface area (Å²) < 4.78 is 11.6. The van der Waals surface area contributed by atoms with Crippen LogP contribution in [0.3, 0.4) is 0 Å². The number of aromatic nitrogens is 2. The van der Waals surface area contributed by atoms with Crippen LogP contribution in [0.1, 0.15) is 13.8 Å². The van der Waals surface area contributed by atoms with E-state index in [9.17, 15) is 4.21 Å². The van der Waals surface area contributed by atoms with Crippen molar-refractivity contribution in [3.05, 3.63) is 18.6 Å². The molecular weight excluding hydrogens is 210 g/mol. The lowest BCUT2D eigenvalue weighted by Gasteiger charge is -2.37. The molecule has 1 saturated heterocycles. The zero-order valence-electron chi connectivity index (χ0n) is 9.01. The SMILES string of the molecule is CC1(C)CN(c2cnccn2)CC[S@]1=O. The third kappa shape index (κ3) is 2.17. The molecule has 1 atom stereocenters. The molecule has 0 radical (unpaired) electrons. The van der Waals surface area contributed by atoms with Crippen LogP contribution in [0.15, 0.2) is 18.6 Å². The third-order valence-corrected chi connectivity index (χ3v) is 4.52. The summed E-state index contributed by atoms with van der Waals surface area (Å²) in [5.41, 5.74) is 0. The van der Waals surface area contributed by atoms with Gasteiger partial charge in [0.25, 0.3) is 0 Å². The average Bonchev–Trinajstić information content (AvgIpc) is 2.23. The van der Waals surface area contributed by atoms with Gasteiger partial charge in [-0.05, 0) is 13.8 Å². The van der Waals surface area contributed by atoms with Gasteiger partial charge >= 0.3 is 0 Å². The lowest BCUT2D eigenvalue weighted by Crippen LogP contribution is -2.50. The normalized spacial score (nSPS) is 25.2. The molecule has 0 N–H and O–H groups in total. The van der Waals surface area contributed by atoms with Crippen LogP contribution in [-0.2, 0) is 10.8 Å². The quantitative estimate of drug-likeness (QED) is 0.710. The van der Waals surface area contributed by atoms with Crippen LogP contribution < -0.4 is 4.90 Å². The first-order valence-corrected chi connectivity index (χ1v) is 6.31. The molecule has 0 saturated carbocycles. The number of hydrogen-bond donors (Lipinski definition) is 0. The van der Waals surface area contributed by atoms with Crippen molar-refractivity contribution in [3.63, 3.8) is 0 Å². The average molecular weight is 225 g/mol. The van der Waals surface area contributed by atoms with E-state index in [1.54, 1.807) is 18.6 Å². The second-order valence-corrected chi connectivity index (χ2v) is 6.50. The van der Waals surface area contributed by atoms with E-state index in [1.807, 2.05) is 13.8 Å². The van der Waals surface area contributed by atoms with Gasteiger partial charge < -0.3 is 4.90 Å². The van der Waals surface area contributed by atoms with Gasteiger partial charge in [0.2, 0.25) is 0 Å². The van der Waals surface area contributed by atoms with Crippen LogP contribution in [0, 0.1) is 0 Å². The van der Waals surface area contributed by atoms with Gasteiger partial charge in [-0.25, -0.2) is 4.98 Å². The van der Waals surface area contributed by atoms with Crippen molar-refractivity contribution in [2.75, 3.05) is 23.7 Å². The highest BCUT2D eigenvalue weighted by Gasteiger charge is 2.33. The van der Waals surface area contributed by atoms with Gasteiger partial charge in [-0.15, -0.1) is 0 Å². The van der Waals surface area contributed by atoms with Crippen molar-refractivity contribution in [2.45, 2.75) is 18.6 Å². The van der Waals surface area contributed by atoms with E-state index in [-0.39, 0.29) is 4.75 Å². The molecule has 1 aromatic heterocycles. The molecule has 82 valence electrons. The highest BCUT2D eigenvalue weighted by Crippen LogP contribution is 2.23. The molecule has 0 amide bonds. The lowest BCUT2D eigenvalue weighted by molar-refractivity contribution is 0.586. The Kier molecular flexibility index (Phi) is 2.73. The molecule has 0 bridgehead atoms. The Morgan fingerprint density at radius 3 is 2.87 bits per heavy atom. The molecule has 2 heterocycles. The number of rotatable bonds is 1. The number of anilines is 1. The Bertz CT molecular complexity index is 366. The molecule has 0 aromatic carbocycles. The van der Waals surface area contributed by atoms with E-state index in [4.69, 9.17) is 0 Å². The minimum atomic E-state index is -0.735. The molecule has 1 aliphatic heterocycles. The van der Waals surface area contributed by atoms with E-state index < -0.39 is 10.8 Å². The fourth-order valence-corrected chi connectivity index (χ4v) is 2.97. The van der Waals surface area contributed by atoms with Crippen molar-refractivity contribution in [1.82, 2.24) is 9.97 Å². The second-order valence-electron chi connectivity index (χ2n) is 4.29. The summed E-state index contributed by atoms with van der Waals surface area (Å²) in [6, 6.07) is 0. The minimum absolute atomic E-state index is 0.157. The maximum absolute atomic E-state index is 11.7. The van der Waals surface area contributed by atoms with Crippen LogP contribution in [0.2, 0.25) is 0 Å². The monoisotopic (exact) mass is 225 g/mol. The number of nitrogens with zero attached hydrogens (tertiary/aromatic N) is 3. The fraction of sp³-hybridized carbons (Fsp3) is 0.600. The van der Waals surface area contributed by atoms with Crippen LogP contribution in [-0.4, -0.2) is 37.8 Å². The summed E-state index contributed by atoms with van der Waals surface area (Å²) in [5.74, 6) is 1.59. The molecule has 2 rings (SSSR count). The minimum Gasteiger partial charge on any atom is -0.353 e. The summed E-state index contributed by atoms with van der Waals surface area (Å²) in [7, 11) is -0.735. The van der Waals surface area contributed by atoms with E-state index in [0.717, 1.165) is 18.9 Å². The molecule has 1 aromatic rings. The van der Waals surface area contributed by atoms with Crippen LogP contribution in [0.5, 0.6) is 0 Å². The summed E-state index contributed by atoms with van der Waals surface area (Å²) in [6.07, 6.45) is 5.11. The Labute approximate surface area is 92.2 Å². The molecule has 0 spiro atoms. The van der Waals surface area contributed by atoms with Gasteiger partial charge in [-0.2, -0.15) is 0 Å². The molecule has 4 nitrogen and oxygen atoms in total. The highest BCUT2D eigenvalue weighted by atomic mass is 32.2. The summed E-state index contributed by atoms with van der Waals surface area (Å²) in [5, 5.41) is 0. The number of hydrogen-bond acceptors (Lipinski definition) is 4. The standard InChI is InChI=1S/C10H15N3OS/c1-10(2)8-13(5-6-15(10)14)9-7-11-3-4-12-9/h3-4,7H,5-6,8H2,1-2H3/t15-/m1/s1. The Hall–Kier alpha value is -0.970. The van der Waals surface area contributed by atoms with E-state index >= 15 is 0 Å². The summed E-state index contributed by atoms with van der Waals surface area (Å²) in [4.78, 5) is 10.5. The van der Waals surface area contributed by atoms with Crippen LogP contribution >= 0.6 is 0 Å². The maximum atomic E-state index is 11.7. The predicted molar refractivity (Wildman–Crippen MR) is 61.3 cm³/mol.